The first-order valence-corrected chi connectivity index (χ1v) is 7.86. The monoisotopic (exact) mass is 272 g/mol. The number of hydrogen-bond donors (Lipinski definition) is 1. The topological polar surface area (TPSA) is 32.3 Å². The number of aryl methyl sites for hydroxylation is 2. The molecule has 20 heavy (non-hydrogen) atoms. The van der Waals surface area contributed by atoms with Crippen LogP contribution in [0.4, 0.5) is 0 Å². The number of carbonyl (C=O) groups excluding carboxylic acids is 1. The van der Waals surface area contributed by atoms with Crippen LogP contribution in [0.25, 0.3) is 0 Å². The minimum absolute atomic E-state index is 0.216. The summed E-state index contributed by atoms with van der Waals surface area (Å²) in [5, 5.41) is 3.31. The molecule has 1 amide bonds. The van der Waals surface area contributed by atoms with Gasteiger partial charge in [-0.3, -0.25) is 4.79 Å². The lowest BCUT2D eigenvalue weighted by Crippen LogP contribution is -2.44. The van der Waals surface area contributed by atoms with Gasteiger partial charge in [0.1, 0.15) is 0 Å². The summed E-state index contributed by atoms with van der Waals surface area (Å²) < 4.78 is 0. The molecule has 0 atom stereocenters. The standard InChI is InChI=1S/C17H24N2O/c1-18-16-8-10-19(11-9-16)17(20)15-7-6-13-4-2-3-5-14(13)12-15/h6-7,12,16,18H,2-5,8-11H2,1H3. The molecule has 108 valence electrons. The normalized spacial score (nSPS) is 19.8. The Hall–Kier alpha value is -1.35. The van der Waals surface area contributed by atoms with Crippen molar-refractivity contribution in [1.29, 1.82) is 0 Å². The van der Waals surface area contributed by atoms with Gasteiger partial charge in [0, 0.05) is 24.7 Å². The Labute approximate surface area is 121 Å². The predicted octanol–water partition coefficient (Wildman–Crippen LogP) is 2.39. The second-order valence-electron chi connectivity index (χ2n) is 6.05. The number of nitrogens with one attached hydrogen (secondary N) is 1. The average molecular weight is 272 g/mol. The van der Waals surface area contributed by atoms with Crippen LogP contribution in [-0.4, -0.2) is 37.0 Å². The Morgan fingerprint density at radius 2 is 1.85 bits per heavy atom. The van der Waals surface area contributed by atoms with Gasteiger partial charge >= 0.3 is 0 Å². The van der Waals surface area contributed by atoms with Gasteiger partial charge < -0.3 is 10.2 Å². The van der Waals surface area contributed by atoms with Crippen LogP contribution in [0.1, 0.15) is 47.2 Å². The smallest absolute Gasteiger partial charge is 0.253 e. The van der Waals surface area contributed by atoms with E-state index in [-0.39, 0.29) is 5.91 Å². The van der Waals surface area contributed by atoms with Gasteiger partial charge in [0.25, 0.3) is 5.91 Å². The van der Waals surface area contributed by atoms with E-state index in [9.17, 15) is 4.79 Å². The van der Waals surface area contributed by atoms with Gasteiger partial charge in [0.05, 0.1) is 0 Å². The first-order valence-electron chi connectivity index (χ1n) is 7.86. The summed E-state index contributed by atoms with van der Waals surface area (Å²) in [6.45, 7) is 1.75. The van der Waals surface area contributed by atoms with Gasteiger partial charge in [-0.15, -0.1) is 0 Å². The van der Waals surface area contributed by atoms with Crippen LogP contribution in [0, 0.1) is 0 Å². The molecule has 1 saturated heterocycles. The van der Waals surface area contributed by atoms with Gasteiger partial charge in [-0.2, -0.15) is 0 Å². The molecule has 1 heterocycles. The van der Waals surface area contributed by atoms with Crippen molar-refractivity contribution in [2.45, 2.75) is 44.6 Å². The highest BCUT2D eigenvalue weighted by molar-refractivity contribution is 5.94. The lowest BCUT2D eigenvalue weighted by Gasteiger charge is -2.32. The van der Waals surface area contributed by atoms with Crippen molar-refractivity contribution in [3.05, 3.63) is 34.9 Å². The molecule has 1 aliphatic carbocycles. The van der Waals surface area contributed by atoms with Gasteiger partial charge in [0.15, 0.2) is 0 Å². The Kier molecular flexibility index (Phi) is 4.06. The zero-order chi connectivity index (χ0) is 13.9. The van der Waals surface area contributed by atoms with E-state index in [0.29, 0.717) is 6.04 Å². The summed E-state index contributed by atoms with van der Waals surface area (Å²) >= 11 is 0. The number of rotatable bonds is 2. The largest absolute Gasteiger partial charge is 0.339 e. The predicted molar refractivity (Wildman–Crippen MR) is 81.1 cm³/mol. The average Bonchev–Trinajstić information content (AvgIpc) is 2.54. The van der Waals surface area contributed by atoms with E-state index < -0.39 is 0 Å². The molecule has 0 aromatic heterocycles. The van der Waals surface area contributed by atoms with Crippen molar-refractivity contribution in [3.63, 3.8) is 0 Å². The maximum Gasteiger partial charge on any atom is 0.253 e. The van der Waals surface area contributed by atoms with Crippen molar-refractivity contribution in [2.75, 3.05) is 20.1 Å². The third kappa shape index (κ3) is 2.73. The van der Waals surface area contributed by atoms with Crippen LogP contribution in [0.15, 0.2) is 18.2 Å². The van der Waals surface area contributed by atoms with Gasteiger partial charge in [-0.05, 0) is 68.8 Å². The third-order valence-corrected chi connectivity index (χ3v) is 4.79. The number of benzene rings is 1. The SMILES string of the molecule is CNC1CCN(C(=O)c2ccc3c(c2)CCCC3)CC1. The van der Waals surface area contributed by atoms with Crippen LogP contribution in [-0.2, 0) is 12.8 Å². The molecular weight excluding hydrogens is 248 g/mol. The van der Waals surface area contributed by atoms with Crippen molar-refractivity contribution in [1.82, 2.24) is 10.2 Å². The minimum Gasteiger partial charge on any atom is -0.339 e. The van der Waals surface area contributed by atoms with E-state index in [4.69, 9.17) is 0 Å². The molecule has 3 heteroatoms. The summed E-state index contributed by atoms with van der Waals surface area (Å²) in [5.74, 6) is 0.216. The number of fused-ring (bicyclic) bond motifs is 1. The third-order valence-electron chi connectivity index (χ3n) is 4.79. The van der Waals surface area contributed by atoms with E-state index >= 15 is 0 Å². The quantitative estimate of drug-likeness (QED) is 0.896. The molecule has 1 fully saturated rings. The van der Waals surface area contributed by atoms with Crippen molar-refractivity contribution in [2.24, 2.45) is 0 Å². The van der Waals surface area contributed by atoms with Crippen molar-refractivity contribution in [3.8, 4) is 0 Å². The zero-order valence-corrected chi connectivity index (χ0v) is 12.3. The van der Waals surface area contributed by atoms with E-state index in [1.807, 2.05) is 18.0 Å². The molecule has 1 N–H and O–H groups in total. The zero-order valence-electron chi connectivity index (χ0n) is 12.3. The molecule has 1 aromatic carbocycles. The Balaban J connectivity index is 1.71. The lowest BCUT2D eigenvalue weighted by atomic mass is 9.90. The van der Waals surface area contributed by atoms with Gasteiger partial charge in [-0.25, -0.2) is 0 Å². The number of carbonyl (C=O) groups is 1. The second kappa shape index (κ2) is 5.96. The molecule has 0 spiro atoms. The Morgan fingerprint density at radius 3 is 2.55 bits per heavy atom. The van der Waals surface area contributed by atoms with Crippen LogP contribution in [0.3, 0.4) is 0 Å². The molecule has 3 nitrogen and oxygen atoms in total. The summed E-state index contributed by atoms with van der Waals surface area (Å²) in [5.41, 5.74) is 3.72. The van der Waals surface area contributed by atoms with E-state index in [1.165, 1.54) is 30.4 Å². The molecule has 3 rings (SSSR count). The first kappa shape index (κ1) is 13.6. The van der Waals surface area contributed by atoms with Crippen molar-refractivity contribution >= 4 is 5.91 Å². The first-order chi connectivity index (χ1) is 9.78. The molecule has 0 bridgehead atoms. The molecule has 1 aromatic rings. The number of amides is 1. The highest BCUT2D eigenvalue weighted by Gasteiger charge is 2.23. The van der Waals surface area contributed by atoms with E-state index in [1.54, 1.807) is 0 Å². The summed E-state index contributed by atoms with van der Waals surface area (Å²) in [7, 11) is 2.01. The maximum atomic E-state index is 12.6. The lowest BCUT2D eigenvalue weighted by molar-refractivity contribution is 0.0707. The van der Waals surface area contributed by atoms with Gasteiger partial charge in [-0.1, -0.05) is 6.07 Å². The molecular formula is C17H24N2O. The van der Waals surface area contributed by atoms with Crippen LogP contribution >= 0.6 is 0 Å². The van der Waals surface area contributed by atoms with Crippen LogP contribution < -0.4 is 5.32 Å². The fourth-order valence-corrected chi connectivity index (χ4v) is 3.42. The van der Waals surface area contributed by atoms with E-state index in [0.717, 1.165) is 37.9 Å². The fourth-order valence-electron chi connectivity index (χ4n) is 3.42. The van der Waals surface area contributed by atoms with Crippen LogP contribution in [0.2, 0.25) is 0 Å². The molecule has 2 aliphatic rings. The fraction of sp³-hybridized carbons (Fsp3) is 0.588. The summed E-state index contributed by atoms with van der Waals surface area (Å²) in [6, 6.07) is 6.90. The number of nitrogens with zero attached hydrogens (tertiary/aromatic N) is 1. The van der Waals surface area contributed by atoms with Gasteiger partial charge in [0.2, 0.25) is 0 Å². The molecule has 0 unspecified atom stereocenters. The number of piperidine rings is 1. The molecule has 0 radical (unpaired) electrons. The summed E-state index contributed by atoms with van der Waals surface area (Å²) in [4.78, 5) is 14.6. The van der Waals surface area contributed by atoms with Crippen molar-refractivity contribution < 1.29 is 4.79 Å². The Morgan fingerprint density at radius 1 is 1.15 bits per heavy atom. The number of hydrogen-bond acceptors (Lipinski definition) is 2. The Bertz CT molecular complexity index is 490. The van der Waals surface area contributed by atoms with E-state index in [2.05, 4.69) is 17.4 Å². The second-order valence-corrected chi connectivity index (χ2v) is 6.05. The maximum absolute atomic E-state index is 12.6. The highest BCUT2D eigenvalue weighted by Crippen LogP contribution is 2.23. The highest BCUT2D eigenvalue weighted by atomic mass is 16.2. The minimum atomic E-state index is 0.216. The number of likely N-dealkylation sites (tertiary alicyclic amines) is 1. The summed E-state index contributed by atoms with van der Waals surface area (Å²) in [6.07, 6.45) is 6.99. The van der Waals surface area contributed by atoms with Crippen LogP contribution in [0.5, 0.6) is 0 Å². The molecule has 0 saturated carbocycles. The molecule has 1 aliphatic heterocycles.